The summed E-state index contributed by atoms with van der Waals surface area (Å²) in [5.74, 6) is -0.0862. The van der Waals surface area contributed by atoms with Crippen molar-refractivity contribution in [1.29, 1.82) is 0 Å². The van der Waals surface area contributed by atoms with Crippen molar-refractivity contribution >= 4 is 9.84 Å². The van der Waals surface area contributed by atoms with Gasteiger partial charge < -0.3 is 14.6 Å². The van der Waals surface area contributed by atoms with Gasteiger partial charge in [-0.15, -0.1) is 0 Å². The lowest BCUT2D eigenvalue weighted by molar-refractivity contribution is 0.338. The number of hydrogen-bond acceptors (Lipinski definition) is 5. The SMILES string of the molecule is COc1cc(S(C)(=O)=O)cc(OC)c1O. The van der Waals surface area contributed by atoms with E-state index in [1.807, 2.05) is 0 Å². The van der Waals surface area contributed by atoms with Crippen LogP contribution in [0.4, 0.5) is 0 Å². The molecule has 0 aliphatic carbocycles. The van der Waals surface area contributed by atoms with E-state index in [1.54, 1.807) is 0 Å². The first kappa shape index (κ1) is 11.6. The molecule has 6 heteroatoms. The number of phenolic OH excluding ortho intramolecular Hbond substituents is 1. The average molecular weight is 232 g/mol. The van der Waals surface area contributed by atoms with Gasteiger partial charge >= 0.3 is 0 Å². The van der Waals surface area contributed by atoms with Crippen LogP contribution in [0.3, 0.4) is 0 Å². The van der Waals surface area contributed by atoms with Crippen LogP contribution >= 0.6 is 0 Å². The van der Waals surface area contributed by atoms with Gasteiger partial charge in [0.15, 0.2) is 21.3 Å². The van der Waals surface area contributed by atoms with Crippen molar-refractivity contribution in [3.05, 3.63) is 12.1 Å². The molecule has 0 amide bonds. The van der Waals surface area contributed by atoms with Crippen LogP contribution in [0.2, 0.25) is 0 Å². The molecule has 0 bridgehead atoms. The van der Waals surface area contributed by atoms with Crippen molar-refractivity contribution in [2.45, 2.75) is 4.90 Å². The number of ether oxygens (including phenoxy) is 2. The van der Waals surface area contributed by atoms with E-state index in [-0.39, 0.29) is 22.1 Å². The molecule has 0 atom stereocenters. The number of phenols is 1. The number of sulfone groups is 1. The number of hydrogen-bond donors (Lipinski definition) is 1. The van der Waals surface area contributed by atoms with E-state index in [4.69, 9.17) is 9.47 Å². The maximum atomic E-state index is 11.3. The van der Waals surface area contributed by atoms with E-state index in [1.165, 1.54) is 26.4 Å². The fourth-order valence-corrected chi connectivity index (χ4v) is 1.73. The summed E-state index contributed by atoms with van der Waals surface area (Å²) < 4.78 is 32.2. The third kappa shape index (κ3) is 2.33. The lowest BCUT2D eigenvalue weighted by Gasteiger charge is -2.09. The molecule has 0 radical (unpaired) electrons. The molecule has 1 rings (SSSR count). The van der Waals surface area contributed by atoms with Crippen molar-refractivity contribution in [2.75, 3.05) is 20.5 Å². The molecule has 1 aromatic rings. The Balaban J connectivity index is 3.47. The van der Waals surface area contributed by atoms with Crippen molar-refractivity contribution in [3.63, 3.8) is 0 Å². The van der Waals surface area contributed by atoms with E-state index < -0.39 is 9.84 Å². The lowest BCUT2D eigenvalue weighted by Crippen LogP contribution is -1.99. The van der Waals surface area contributed by atoms with Gasteiger partial charge in [0.2, 0.25) is 5.75 Å². The van der Waals surface area contributed by atoms with Crippen LogP contribution in [0, 0.1) is 0 Å². The number of aromatic hydroxyl groups is 1. The van der Waals surface area contributed by atoms with Gasteiger partial charge in [0, 0.05) is 18.4 Å². The Morgan fingerprint density at radius 3 is 1.80 bits per heavy atom. The van der Waals surface area contributed by atoms with Crippen LogP contribution in [0.15, 0.2) is 17.0 Å². The van der Waals surface area contributed by atoms with Gasteiger partial charge in [-0.3, -0.25) is 0 Å². The normalized spacial score (nSPS) is 11.1. The molecule has 0 unspecified atom stereocenters. The molecule has 0 spiro atoms. The zero-order valence-electron chi connectivity index (χ0n) is 8.64. The molecule has 1 N–H and O–H groups in total. The van der Waals surface area contributed by atoms with Crippen molar-refractivity contribution in [2.24, 2.45) is 0 Å². The first-order chi connectivity index (χ1) is 6.90. The molecule has 5 nitrogen and oxygen atoms in total. The maximum Gasteiger partial charge on any atom is 0.200 e. The Kier molecular flexibility index (Phi) is 3.09. The summed E-state index contributed by atoms with van der Waals surface area (Å²) in [6.07, 6.45) is 1.07. The van der Waals surface area contributed by atoms with Crippen molar-refractivity contribution in [1.82, 2.24) is 0 Å². The molecule has 0 fully saturated rings. The predicted molar refractivity (Wildman–Crippen MR) is 54.3 cm³/mol. The van der Waals surface area contributed by atoms with Gasteiger partial charge in [-0.05, 0) is 0 Å². The Labute approximate surface area is 88.2 Å². The largest absolute Gasteiger partial charge is 0.502 e. The van der Waals surface area contributed by atoms with Crippen LogP contribution in [0.1, 0.15) is 0 Å². The highest BCUT2D eigenvalue weighted by Gasteiger charge is 2.16. The Bertz CT molecular complexity index is 438. The van der Waals surface area contributed by atoms with Crippen LogP contribution in [-0.2, 0) is 9.84 Å². The highest BCUT2D eigenvalue weighted by Crippen LogP contribution is 2.38. The molecule has 0 saturated carbocycles. The third-order valence-electron chi connectivity index (χ3n) is 1.88. The van der Waals surface area contributed by atoms with Gasteiger partial charge in [0.05, 0.1) is 19.1 Å². The molecule has 15 heavy (non-hydrogen) atoms. The molecule has 0 aliphatic heterocycles. The summed E-state index contributed by atoms with van der Waals surface area (Å²) in [6, 6.07) is 2.49. The van der Waals surface area contributed by atoms with Crippen LogP contribution in [0.25, 0.3) is 0 Å². The first-order valence-electron chi connectivity index (χ1n) is 4.05. The number of methoxy groups -OCH3 is 2. The van der Waals surface area contributed by atoms with Gasteiger partial charge in [-0.1, -0.05) is 0 Å². The molecule has 0 aliphatic rings. The molecular formula is C9H12O5S. The topological polar surface area (TPSA) is 72.8 Å². The monoisotopic (exact) mass is 232 g/mol. The van der Waals surface area contributed by atoms with Gasteiger partial charge in [-0.2, -0.15) is 0 Å². The molecule has 84 valence electrons. The standard InChI is InChI=1S/C9H12O5S/c1-13-7-4-6(15(3,11)12)5-8(14-2)9(7)10/h4-5,10H,1-3H3. The third-order valence-corrected chi connectivity index (χ3v) is 2.97. The molecule has 0 saturated heterocycles. The van der Waals surface area contributed by atoms with E-state index in [0.29, 0.717) is 0 Å². The second-order valence-electron chi connectivity index (χ2n) is 2.95. The van der Waals surface area contributed by atoms with Crippen LogP contribution < -0.4 is 9.47 Å². The number of benzene rings is 1. The quantitative estimate of drug-likeness (QED) is 0.835. The van der Waals surface area contributed by atoms with Crippen molar-refractivity contribution in [3.8, 4) is 17.2 Å². The molecular weight excluding hydrogens is 220 g/mol. The van der Waals surface area contributed by atoms with E-state index >= 15 is 0 Å². The summed E-state index contributed by atoms with van der Waals surface area (Å²) >= 11 is 0. The minimum atomic E-state index is -3.36. The molecule has 1 aromatic carbocycles. The zero-order valence-corrected chi connectivity index (χ0v) is 9.46. The van der Waals surface area contributed by atoms with Gasteiger partial charge in [-0.25, -0.2) is 8.42 Å². The predicted octanol–water partition coefficient (Wildman–Crippen LogP) is 0.813. The summed E-state index contributed by atoms with van der Waals surface area (Å²) in [6.45, 7) is 0. The van der Waals surface area contributed by atoms with Gasteiger partial charge in [0.1, 0.15) is 0 Å². The molecule has 0 aromatic heterocycles. The minimum Gasteiger partial charge on any atom is -0.502 e. The van der Waals surface area contributed by atoms with Crippen molar-refractivity contribution < 1.29 is 23.0 Å². The van der Waals surface area contributed by atoms with E-state index in [9.17, 15) is 13.5 Å². The van der Waals surface area contributed by atoms with Gasteiger partial charge in [0.25, 0.3) is 0 Å². The summed E-state index contributed by atoms with van der Waals surface area (Å²) in [4.78, 5) is 0.0361. The summed E-state index contributed by atoms with van der Waals surface area (Å²) in [5.41, 5.74) is 0. The Morgan fingerprint density at radius 1 is 1.13 bits per heavy atom. The van der Waals surface area contributed by atoms with E-state index in [0.717, 1.165) is 6.26 Å². The van der Waals surface area contributed by atoms with Crippen LogP contribution in [0.5, 0.6) is 17.2 Å². The highest BCUT2D eigenvalue weighted by atomic mass is 32.2. The average Bonchev–Trinajstić information content (AvgIpc) is 2.16. The Morgan fingerprint density at radius 2 is 1.53 bits per heavy atom. The highest BCUT2D eigenvalue weighted by molar-refractivity contribution is 7.90. The maximum absolute atomic E-state index is 11.3. The van der Waals surface area contributed by atoms with E-state index in [2.05, 4.69) is 0 Å². The minimum absolute atomic E-state index is 0.0361. The Hall–Kier alpha value is -1.43. The lowest BCUT2D eigenvalue weighted by atomic mass is 10.3. The summed E-state index contributed by atoms with van der Waals surface area (Å²) in [5, 5.41) is 9.53. The zero-order chi connectivity index (χ0) is 11.6. The first-order valence-corrected chi connectivity index (χ1v) is 5.94. The second-order valence-corrected chi connectivity index (χ2v) is 4.96. The smallest absolute Gasteiger partial charge is 0.200 e. The second kappa shape index (κ2) is 3.98. The number of rotatable bonds is 3. The molecule has 0 heterocycles. The van der Waals surface area contributed by atoms with Crippen LogP contribution in [-0.4, -0.2) is 34.0 Å². The summed E-state index contributed by atoms with van der Waals surface area (Å²) in [7, 11) is -0.688. The fourth-order valence-electron chi connectivity index (χ4n) is 1.08. The fraction of sp³-hybridized carbons (Fsp3) is 0.333.